The highest BCUT2D eigenvalue weighted by molar-refractivity contribution is 7.10. The molecule has 2 amide bonds. The third kappa shape index (κ3) is 5.76. The van der Waals surface area contributed by atoms with Crippen LogP contribution >= 0.6 is 34.3 Å². The van der Waals surface area contributed by atoms with Gasteiger partial charge in [-0.2, -0.15) is 0 Å². The molecule has 4 nitrogen and oxygen atoms in total. The van der Waals surface area contributed by atoms with E-state index >= 15 is 0 Å². The summed E-state index contributed by atoms with van der Waals surface area (Å²) in [4.78, 5) is 30.8. The molecule has 0 unspecified atom stereocenters. The summed E-state index contributed by atoms with van der Waals surface area (Å²) in [5, 5.41) is 7.77. The van der Waals surface area contributed by atoms with Crippen LogP contribution in [0.15, 0.2) is 59.3 Å². The van der Waals surface area contributed by atoms with Crippen LogP contribution in [0.5, 0.6) is 0 Å². The van der Waals surface area contributed by atoms with Gasteiger partial charge in [0.2, 0.25) is 11.8 Å². The Morgan fingerprint density at radius 1 is 1.00 bits per heavy atom. The van der Waals surface area contributed by atoms with Crippen LogP contribution in [0.3, 0.4) is 0 Å². The Labute approximate surface area is 195 Å². The number of amides is 2. The average molecular weight is 473 g/mol. The van der Waals surface area contributed by atoms with Gasteiger partial charge in [-0.05, 0) is 53.4 Å². The maximum Gasteiger partial charge on any atom is 0.247 e. The topological polar surface area (TPSA) is 49.4 Å². The van der Waals surface area contributed by atoms with E-state index in [-0.39, 0.29) is 24.3 Å². The minimum absolute atomic E-state index is 0.0580. The van der Waals surface area contributed by atoms with E-state index in [1.807, 2.05) is 47.2 Å². The molecule has 4 rings (SSSR count). The van der Waals surface area contributed by atoms with Crippen LogP contribution in [0.4, 0.5) is 0 Å². The Hall–Kier alpha value is -2.15. The molecule has 1 aliphatic carbocycles. The lowest BCUT2D eigenvalue weighted by atomic mass is 10.0. The first-order valence-corrected chi connectivity index (χ1v) is 12.6. The van der Waals surface area contributed by atoms with Crippen molar-refractivity contribution < 1.29 is 9.59 Å². The molecule has 1 aliphatic rings. The van der Waals surface area contributed by atoms with E-state index in [1.54, 1.807) is 39.7 Å². The quantitative estimate of drug-likeness (QED) is 0.448. The normalized spacial score (nSPS) is 15.0. The summed E-state index contributed by atoms with van der Waals surface area (Å²) >= 11 is 9.26. The zero-order chi connectivity index (χ0) is 21.6. The van der Waals surface area contributed by atoms with Crippen LogP contribution in [0.25, 0.3) is 0 Å². The SMILES string of the molecule is O=C(NC1CCCC1)[C@H](c1ccc(Cl)cc1)N(Cc1cccs1)C(=O)Cc1cccs1. The largest absolute Gasteiger partial charge is 0.351 e. The summed E-state index contributed by atoms with van der Waals surface area (Å²) in [5.41, 5.74) is 0.774. The Morgan fingerprint density at radius 3 is 2.26 bits per heavy atom. The van der Waals surface area contributed by atoms with Crippen molar-refractivity contribution in [2.45, 2.75) is 50.7 Å². The minimum atomic E-state index is -0.701. The first-order valence-electron chi connectivity index (χ1n) is 10.5. The number of carbonyl (C=O) groups excluding carboxylic acids is 2. The molecule has 1 fully saturated rings. The summed E-state index contributed by atoms with van der Waals surface area (Å²) < 4.78 is 0. The lowest BCUT2D eigenvalue weighted by Crippen LogP contribution is -2.46. The maximum atomic E-state index is 13.5. The van der Waals surface area contributed by atoms with Gasteiger partial charge in [-0.25, -0.2) is 0 Å². The molecule has 1 aromatic carbocycles. The highest BCUT2D eigenvalue weighted by atomic mass is 35.5. The fourth-order valence-corrected chi connectivity index (χ4v) is 5.55. The van der Waals surface area contributed by atoms with Gasteiger partial charge in [0.1, 0.15) is 6.04 Å². The van der Waals surface area contributed by atoms with Crippen molar-refractivity contribution in [2.24, 2.45) is 0 Å². The molecule has 0 radical (unpaired) electrons. The molecule has 3 aromatic rings. The summed E-state index contributed by atoms with van der Waals surface area (Å²) in [7, 11) is 0. The van der Waals surface area contributed by atoms with Crippen LogP contribution in [0.2, 0.25) is 5.02 Å². The van der Waals surface area contributed by atoms with Gasteiger partial charge >= 0.3 is 0 Å². The van der Waals surface area contributed by atoms with Crippen LogP contribution in [-0.4, -0.2) is 22.8 Å². The fourth-order valence-electron chi connectivity index (χ4n) is 4.03. The lowest BCUT2D eigenvalue weighted by molar-refractivity contribution is -0.141. The monoisotopic (exact) mass is 472 g/mol. The summed E-state index contributed by atoms with van der Waals surface area (Å²) in [6.45, 7) is 0.396. The molecule has 2 aromatic heterocycles. The molecule has 0 aliphatic heterocycles. The number of carbonyl (C=O) groups is 2. The van der Waals surface area contributed by atoms with Crippen LogP contribution in [-0.2, 0) is 22.6 Å². The van der Waals surface area contributed by atoms with Crippen LogP contribution in [0, 0.1) is 0 Å². The van der Waals surface area contributed by atoms with E-state index in [9.17, 15) is 9.59 Å². The number of halogens is 1. The standard InChI is InChI=1S/C24H25ClN2O2S2/c25-18-11-9-17(10-12-18)23(24(29)26-19-5-1-2-6-19)27(16-21-8-4-14-31-21)22(28)15-20-7-3-13-30-20/h3-4,7-14,19,23H,1-2,5-6,15-16H2,(H,26,29)/t23-/m0/s1. The number of hydrogen-bond donors (Lipinski definition) is 1. The van der Waals surface area contributed by atoms with Crippen molar-refractivity contribution in [2.75, 3.05) is 0 Å². The fraction of sp³-hybridized carbons (Fsp3) is 0.333. The van der Waals surface area contributed by atoms with E-state index in [4.69, 9.17) is 11.6 Å². The predicted octanol–water partition coefficient (Wildman–Crippen LogP) is 5.83. The number of thiophene rings is 2. The van der Waals surface area contributed by atoms with Crippen LogP contribution < -0.4 is 5.32 Å². The molecule has 0 spiro atoms. The number of hydrogen-bond acceptors (Lipinski definition) is 4. The molecule has 1 saturated carbocycles. The molecule has 1 atom stereocenters. The van der Waals surface area contributed by atoms with E-state index < -0.39 is 6.04 Å². The Morgan fingerprint density at radius 2 is 1.65 bits per heavy atom. The second kappa shape index (κ2) is 10.4. The molecule has 1 N–H and O–H groups in total. The van der Waals surface area contributed by atoms with Crippen molar-refractivity contribution in [3.8, 4) is 0 Å². The minimum Gasteiger partial charge on any atom is -0.351 e. The van der Waals surface area contributed by atoms with E-state index in [2.05, 4.69) is 5.32 Å². The van der Waals surface area contributed by atoms with Gasteiger partial charge < -0.3 is 10.2 Å². The summed E-state index contributed by atoms with van der Waals surface area (Å²) in [5.74, 6) is -0.178. The van der Waals surface area contributed by atoms with Crippen molar-refractivity contribution >= 4 is 46.1 Å². The predicted molar refractivity (Wildman–Crippen MR) is 127 cm³/mol. The van der Waals surface area contributed by atoms with Crippen molar-refractivity contribution in [3.63, 3.8) is 0 Å². The third-order valence-electron chi connectivity index (χ3n) is 5.58. The average Bonchev–Trinajstić information content (AvgIpc) is 3.53. The molecular weight excluding hydrogens is 448 g/mol. The molecular formula is C24H25ClN2O2S2. The van der Waals surface area contributed by atoms with E-state index in [0.29, 0.717) is 11.6 Å². The van der Waals surface area contributed by atoms with Crippen molar-refractivity contribution in [3.05, 3.63) is 79.6 Å². The molecule has 0 saturated heterocycles. The van der Waals surface area contributed by atoms with Gasteiger partial charge in [0.05, 0.1) is 13.0 Å². The van der Waals surface area contributed by atoms with Crippen molar-refractivity contribution in [1.82, 2.24) is 10.2 Å². The number of nitrogens with one attached hydrogen (secondary N) is 1. The highest BCUT2D eigenvalue weighted by Gasteiger charge is 2.33. The van der Waals surface area contributed by atoms with Gasteiger partial charge in [-0.1, -0.05) is 48.7 Å². The van der Waals surface area contributed by atoms with Gasteiger partial charge in [0, 0.05) is 20.8 Å². The second-order valence-corrected chi connectivity index (χ2v) is 10.3. The Bertz CT molecular complexity index is 981. The van der Waals surface area contributed by atoms with Gasteiger partial charge in [0.25, 0.3) is 0 Å². The summed E-state index contributed by atoms with van der Waals surface area (Å²) in [6.07, 6.45) is 4.53. The molecule has 7 heteroatoms. The lowest BCUT2D eigenvalue weighted by Gasteiger charge is -2.32. The van der Waals surface area contributed by atoms with Gasteiger partial charge in [-0.15, -0.1) is 22.7 Å². The molecule has 2 heterocycles. The Kier molecular flexibility index (Phi) is 7.43. The van der Waals surface area contributed by atoms with E-state index in [1.165, 1.54) is 0 Å². The highest BCUT2D eigenvalue weighted by Crippen LogP contribution is 2.29. The second-order valence-electron chi connectivity index (χ2n) is 7.80. The molecule has 31 heavy (non-hydrogen) atoms. The first-order chi connectivity index (χ1) is 15.1. The smallest absolute Gasteiger partial charge is 0.247 e. The van der Waals surface area contributed by atoms with Gasteiger partial charge in [0.15, 0.2) is 0 Å². The maximum absolute atomic E-state index is 13.5. The number of nitrogens with zero attached hydrogens (tertiary/aromatic N) is 1. The summed E-state index contributed by atoms with van der Waals surface area (Å²) in [6, 6.07) is 14.6. The zero-order valence-electron chi connectivity index (χ0n) is 17.1. The first kappa shape index (κ1) is 22.1. The Balaban J connectivity index is 1.67. The van der Waals surface area contributed by atoms with Crippen LogP contribution in [0.1, 0.15) is 47.0 Å². The number of rotatable bonds is 8. The van der Waals surface area contributed by atoms with E-state index in [0.717, 1.165) is 41.0 Å². The number of benzene rings is 1. The zero-order valence-corrected chi connectivity index (χ0v) is 19.5. The van der Waals surface area contributed by atoms with Crippen molar-refractivity contribution in [1.29, 1.82) is 0 Å². The van der Waals surface area contributed by atoms with Gasteiger partial charge in [-0.3, -0.25) is 9.59 Å². The molecule has 0 bridgehead atoms. The molecule has 162 valence electrons. The third-order valence-corrected chi connectivity index (χ3v) is 7.57.